The number of furan rings is 1. The van der Waals surface area contributed by atoms with E-state index in [2.05, 4.69) is 15.5 Å². The van der Waals surface area contributed by atoms with Crippen LogP contribution >= 0.6 is 0 Å². The smallest absolute Gasteiger partial charge is 0.287 e. The molecule has 0 unspecified atom stereocenters. The lowest BCUT2D eigenvalue weighted by molar-refractivity contribution is 0.0900. The minimum atomic E-state index is -0.481. The monoisotopic (exact) mass is 373 g/mol. The number of carbonyl (C=O) groups is 1. The van der Waals surface area contributed by atoms with E-state index >= 15 is 0 Å². The minimum absolute atomic E-state index is 0.233. The number of aromatic nitrogens is 2. The first-order valence-electron chi connectivity index (χ1n) is 8.98. The minimum Gasteiger partial charge on any atom is -0.459 e. The Morgan fingerprint density at radius 1 is 1.07 bits per heavy atom. The van der Waals surface area contributed by atoms with Crippen LogP contribution in [0.25, 0.3) is 11.4 Å². The van der Waals surface area contributed by atoms with Gasteiger partial charge in [-0.25, -0.2) is 0 Å². The van der Waals surface area contributed by atoms with Crippen LogP contribution in [0.5, 0.6) is 0 Å². The molecule has 0 fully saturated rings. The Bertz CT molecular complexity index is 1060. The zero-order chi connectivity index (χ0) is 19.3. The summed E-state index contributed by atoms with van der Waals surface area (Å²) in [5, 5.41) is 7.03. The molecular formula is C22H19N3O3. The molecule has 6 nitrogen and oxygen atoms in total. The SMILES string of the molecule is Cc1cccc(-c2noc([C@H](Cc3ccccc3)NC(=O)c3ccco3)n2)c1. The lowest BCUT2D eigenvalue weighted by atomic mass is 10.1. The van der Waals surface area contributed by atoms with Gasteiger partial charge in [0.1, 0.15) is 6.04 Å². The second-order valence-electron chi connectivity index (χ2n) is 6.52. The van der Waals surface area contributed by atoms with E-state index in [4.69, 9.17) is 8.94 Å². The van der Waals surface area contributed by atoms with Gasteiger partial charge in [-0.1, -0.05) is 59.3 Å². The van der Waals surface area contributed by atoms with Crippen LogP contribution in [-0.4, -0.2) is 16.0 Å². The van der Waals surface area contributed by atoms with Crippen LogP contribution in [0.4, 0.5) is 0 Å². The zero-order valence-corrected chi connectivity index (χ0v) is 15.3. The molecule has 4 rings (SSSR count). The van der Waals surface area contributed by atoms with Gasteiger partial charge in [-0.05, 0) is 30.7 Å². The highest BCUT2D eigenvalue weighted by atomic mass is 16.5. The van der Waals surface area contributed by atoms with Crippen molar-refractivity contribution in [2.45, 2.75) is 19.4 Å². The van der Waals surface area contributed by atoms with Gasteiger partial charge in [0, 0.05) is 12.0 Å². The van der Waals surface area contributed by atoms with E-state index in [1.54, 1.807) is 12.1 Å². The van der Waals surface area contributed by atoms with Crippen LogP contribution in [0, 0.1) is 6.92 Å². The largest absolute Gasteiger partial charge is 0.459 e. The quantitative estimate of drug-likeness (QED) is 0.543. The van der Waals surface area contributed by atoms with E-state index in [-0.39, 0.29) is 11.7 Å². The highest BCUT2D eigenvalue weighted by Crippen LogP contribution is 2.22. The van der Waals surface area contributed by atoms with Crippen LogP contribution in [0.2, 0.25) is 0 Å². The first-order valence-corrected chi connectivity index (χ1v) is 8.98. The molecule has 0 saturated carbocycles. The van der Waals surface area contributed by atoms with Gasteiger partial charge in [0.25, 0.3) is 5.91 Å². The van der Waals surface area contributed by atoms with Gasteiger partial charge in [-0.2, -0.15) is 4.98 Å². The van der Waals surface area contributed by atoms with Crippen LogP contribution in [0.15, 0.2) is 81.9 Å². The summed E-state index contributed by atoms with van der Waals surface area (Å²) in [4.78, 5) is 17.0. The molecule has 0 aliphatic rings. The van der Waals surface area contributed by atoms with E-state index in [1.807, 2.05) is 61.5 Å². The normalized spacial score (nSPS) is 11.9. The van der Waals surface area contributed by atoms with Crippen LogP contribution in [0.3, 0.4) is 0 Å². The third-order valence-corrected chi connectivity index (χ3v) is 4.35. The zero-order valence-electron chi connectivity index (χ0n) is 15.3. The molecule has 0 bridgehead atoms. The van der Waals surface area contributed by atoms with Gasteiger partial charge in [-0.15, -0.1) is 0 Å². The predicted octanol–water partition coefficient (Wildman–Crippen LogP) is 4.35. The summed E-state index contributed by atoms with van der Waals surface area (Å²) in [7, 11) is 0. The Morgan fingerprint density at radius 2 is 1.93 bits per heavy atom. The van der Waals surface area contributed by atoms with Crippen molar-refractivity contribution in [3.8, 4) is 11.4 Å². The second-order valence-corrected chi connectivity index (χ2v) is 6.52. The highest BCUT2D eigenvalue weighted by Gasteiger charge is 2.24. The maximum absolute atomic E-state index is 12.5. The predicted molar refractivity (Wildman–Crippen MR) is 104 cm³/mol. The summed E-state index contributed by atoms with van der Waals surface area (Å²) in [5.74, 6) is 0.738. The van der Waals surface area contributed by atoms with Crippen molar-refractivity contribution < 1.29 is 13.7 Å². The standard InChI is InChI=1S/C22H19N3O3/c1-15-7-5-10-17(13-15)20-24-22(28-25-20)18(14-16-8-3-2-4-9-16)23-21(26)19-11-6-12-27-19/h2-13,18H,14H2,1H3,(H,23,26)/t18-/m0/s1. The van der Waals surface area contributed by atoms with Gasteiger partial charge >= 0.3 is 0 Å². The highest BCUT2D eigenvalue weighted by molar-refractivity contribution is 5.91. The van der Waals surface area contributed by atoms with Gasteiger partial charge in [0.05, 0.1) is 6.26 Å². The summed E-state index contributed by atoms with van der Waals surface area (Å²) in [6.45, 7) is 2.01. The number of carbonyl (C=O) groups excluding carboxylic acids is 1. The lowest BCUT2D eigenvalue weighted by Crippen LogP contribution is -2.30. The molecule has 1 atom stereocenters. The average Bonchev–Trinajstić information content (AvgIpc) is 3.41. The van der Waals surface area contributed by atoms with Crippen molar-refractivity contribution in [3.63, 3.8) is 0 Å². The molecule has 1 amide bonds. The maximum Gasteiger partial charge on any atom is 0.287 e. The number of aryl methyl sites for hydroxylation is 1. The molecule has 6 heteroatoms. The third-order valence-electron chi connectivity index (χ3n) is 4.35. The van der Waals surface area contributed by atoms with Gasteiger partial charge in [0.15, 0.2) is 5.76 Å². The van der Waals surface area contributed by atoms with Crippen molar-refractivity contribution in [1.29, 1.82) is 0 Å². The Labute approximate surface area is 162 Å². The molecule has 0 aliphatic carbocycles. The van der Waals surface area contributed by atoms with Gasteiger partial charge in [0.2, 0.25) is 11.7 Å². The van der Waals surface area contributed by atoms with Crippen molar-refractivity contribution in [2.75, 3.05) is 0 Å². The fourth-order valence-electron chi connectivity index (χ4n) is 2.97. The molecule has 140 valence electrons. The number of hydrogen-bond donors (Lipinski definition) is 1. The number of hydrogen-bond acceptors (Lipinski definition) is 5. The fourth-order valence-corrected chi connectivity index (χ4v) is 2.97. The molecule has 0 spiro atoms. The maximum atomic E-state index is 12.5. The van der Waals surface area contributed by atoms with Crippen molar-refractivity contribution in [3.05, 3.63) is 95.8 Å². The van der Waals surface area contributed by atoms with Crippen LogP contribution in [-0.2, 0) is 6.42 Å². The molecule has 4 aromatic rings. The van der Waals surface area contributed by atoms with E-state index in [0.717, 1.165) is 16.7 Å². The number of nitrogens with zero attached hydrogens (tertiary/aromatic N) is 2. The van der Waals surface area contributed by atoms with Crippen molar-refractivity contribution in [1.82, 2.24) is 15.5 Å². The summed E-state index contributed by atoms with van der Waals surface area (Å²) < 4.78 is 10.7. The number of amides is 1. The first kappa shape index (κ1) is 17.7. The topological polar surface area (TPSA) is 81.2 Å². The molecule has 2 heterocycles. The summed E-state index contributed by atoms with van der Waals surface area (Å²) in [5.41, 5.74) is 3.02. The molecule has 2 aromatic heterocycles. The molecule has 2 aromatic carbocycles. The summed E-state index contributed by atoms with van der Waals surface area (Å²) >= 11 is 0. The Hall–Kier alpha value is -3.67. The summed E-state index contributed by atoms with van der Waals surface area (Å²) in [6.07, 6.45) is 1.98. The number of rotatable bonds is 6. The van der Waals surface area contributed by atoms with Crippen molar-refractivity contribution in [2.24, 2.45) is 0 Å². The second kappa shape index (κ2) is 7.92. The van der Waals surface area contributed by atoms with E-state index in [1.165, 1.54) is 6.26 Å². The molecular weight excluding hydrogens is 354 g/mol. The van der Waals surface area contributed by atoms with E-state index in [0.29, 0.717) is 18.1 Å². The fraction of sp³-hybridized carbons (Fsp3) is 0.136. The molecule has 28 heavy (non-hydrogen) atoms. The Balaban J connectivity index is 1.62. The van der Waals surface area contributed by atoms with Crippen LogP contribution in [0.1, 0.15) is 33.6 Å². The first-order chi connectivity index (χ1) is 13.7. The Kier molecular flexibility index (Phi) is 5.01. The molecule has 0 aliphatic heterocycles. The molecule has 0 saturated heterocycles. The Morgan fingerprint density at radius 3 is 2.68 bits per heavy atom. The molecule has 0 radical (unpaired) electrons. The van der Waals surface area contributed by atoms with Gasteiger partial charge in [-0.3, -0.25) is 4.79 Å². The van der Waals surface area contributed by atoms with Gasteiger partial charge < -0.3 is 14.3 Å². The van der Waals surface area contributed by atoms with E-state index < -0.39 is 6.04 Å². The average molecular weight is 373 g/mol. The lowest BCUT2D eigenvalue weighted by Gasteiger charge is -2.14. The van der Waals surface area contributed by atoms with Crippen LogP contribution < -0.4 is 5.32 Å². The number of nitrogens with one attached hydrogen (secondary N) is 1. The van der Waals surface area contributed by atoms with E-state index in [9.17, 15) is 4.79 Å². The number of benzene rings is 2. The third kappa shape index (κ3) is 4.01. The summed E-state index contributed by atoms with van der Waals surface area (Å²) in [6, 6.07) is 20.5. The van der Waals surface area contributed by atoms with Crippen molar-refractivity contribution >= 4 is 5.91 Å². The molecule has 1 N–H and O–H groups in total.